The minimum absolute atomic E-state index is 0.111. The van der Waals surface area contributed by atoms with Crippen molar-refractivity contribution in [3.8, 4) is 0 Å². The fourth-order valence-electron chi connectivity index (χ4n) is 1.90. The number of carbonyl (C=O) groups excluding carboxylic acids is 1. The number of alkyl halides is 1. The summed E-state index contributed by atoms with van der Waals surface area (Å²) in [5.74, 6) is 0.763. The predicted octanol–water partition coefficient (Wildman–Crippen LogP) is 2.48. The maximum atomic E-state index is 11.6. The Balaban J connectivity index is 2.09. The zero-order valence-corrected chi connectivity index (χ0v) is 11.8. The number of hydrogen-bond acceptors (Lipinski definition) is 2. The first-order valence-electron chi connectivity index (χ1n) is 6.10. The van der Waals surface area contributed by atoms with Crippen molar-refractivity contribution in [2.24, 2.45) is 5.92 Å². The Labute approximate surface area is 106 Å². The Kier molecular flexibility index (Phi) is 6.36. The van der Waals surface area contributed by atoms with E-state index in [1.165, 1.54) is 0 Å². The van der Waals surface area contributed by atoms with Gasteiger partial charge in [-0.2, -0.15) is 0 Å². The van der Waals surface area contributed by atoms with E-state index in [2.05, 4.69) is 35.1 Å². The van der Waals surface area contributed by atoms with Crippen molar-refractivity contribution in [1.82, 2.24) is 5.32 Å². The van der Waals surface area contributed by atoms with Crippen LogP contribution in [0.4, 0.5) is 0 Å². The minimum atomic E-state index is 0.111. The van der Waals surface area contributed by atoms with Gasteiger partial charge in [0, 0.05) is 18.0 Å². The number of nitrogens with one attached hydrogen (secondary N) is 1. The van der Waals surface area contributed by atoms with Gasteiger partial charge in [-0.3, -0.25) is 4.79 Å². The van der Waals surface area contributed by atoms with Gasteiger partial charge in [0.25, 0.3) is 0 Å². The second-order valence-electron chi connectivity index (χ2n) is 4.87. The first-order valence-corrected chi connectivity index (χ1v) is 7.02. The van der Waals surface area contributed by atoms with Crippen molar-refractivity contribution < 1.29 is 9.53 Å². The lowest BCUT2D eigenvalue weighted by Gasteiger charge is -2.14. The number of amides is 1. The molecule has 2 atom stereocenters. The average Bonchev–Trinajstić information content (AvgIpc) is 2.66. The molecule has 0 saturated carbocycles. The lowest BCUT2D eigenvalue weighted by atomic mass is 10.1. The normalized spacial score (nSPS) is 22.4. The summed E-state index contributed by atoms with van der Waals surface area (Å²) in [6.07, 6.45) is 3.87. The molecule has 1 aliphatic rings. The first kappa shape index (κ1) is 14.0. The highest BCUT2D eigenvalue weighted by atomic mass is 79.9. The van der Waals surface area contributed by atoms with Gasteiger partial charge in [-0.1, -0.05) is 29.8 Å². The average molecular weight is 292 g/mol. The zero-order valence-electron chi connectivity index (χ0n) is 10.2. The monoisotopic (exact) mass is 291 g/mol. The Morgan fingerprint density at radius 2 is 2.31 bits per heavy atom. The standard InChI is InChI=1S/C12H22BrNO2/c1-9(2)6-10(13)8-14-12(15)7-11-4-3-5-16-11/h9-11H,3-8H2,1-2H3,(H,14,15). The molecule has 0 aromatic carbocycles. The summed E-state index contributed by atoms with van der Waals surface area (Å²) >= 11 is 3.57. The molecule has 1 amide bonds. The van der Waals surface area contributed by atoms with E-state index in [4.69, 9.17) is 4.74 Å². The molecule has 94 valence electrons. The molecule has 4 heteroatoms. The molecule has 3 nitrogen and oxygen atoms in total. The van der Waals surface area contributed by atoms with E-state index in [1.807, 2.05) is 0 Å². The highest BCUT2D eigenvalue weighted by molar-refractivity contribution is 9.09. The summed E-state index contributed by atoms with van der Waals surface area (Å²) in [4.78, 5) is 12.0. The first-order chi connectivity index (χ1) is 7.58. The van der Waals surface area contributed by atoms with Crippen molar-refractivity contribution in [1.29, 1.82) is 0 Å². The molecule has 0 aliphatic carbocycles. The van der Waals surface area contributed by atoms with Gasteiger partial charge in [0.05, 0.1) is 12.5 Å². The van der Waals surface area contributed by atoms with Gasteiger partial charge < -0.3 is 10.1 Å². The third-order valence-electron chi connectivity index (χ3n) is 2.68. The Hall–Kier alpha value is -0.0900. The van der Waals surface area contributed by atoms with Crippen LogP contribution >= 0.6 is 15.9 Å². The fourth-order valence-corrected chi connectivity index (χ4v) is 2.81. The summed E-state index contributed by atoms with van der Waals surface area (Å²) in [6.45, 7) is 5.89. The molecule has 1 heterocycles. The van der Waals surface area contributed by atoms with Crippen LogP contribution in [0.3, 0.4) is 0 Å². The van der Waals surface area contributed by atoms with Gasteiger partial charge in [-0.05, 0) is 25.2 Å². The maximum Gasteiger partial charge on any atom is 0.222 e. The van der Waals surface area contributed by atoms with E-state index in [0.717, 1.165) is 25.9 Å². The highest BCUT2D eigenvalue weighted by Gasteiger charge is 2.19. The van der Waals surface area contributed by atoms with Crippen LogP contribution < -0.4 is 5.32 Å². The largest absolute Gasteiger partial charge is 0.378 e. The van der Waals surface area contributed by atoms with Gasteiger partial charge in [0.15, 0.2) is 0 Å². The summed E-state index contributed by atoms with van der Waals surface area (Å²) in [6, 6.07) is 0. The Morgan fingerprint density at radius 3 is 2.88 bits per heavy atom. The van der Waals surface area contributed by atoms with Crippen LogP contribution in [-0.4, -0.2) is 30.0 Å². The van der Waals surface area contributed by atoms with E-state index < -0.39 is 0 Å². The van der Waals surface area contributed by atoms with E-state index in [9.17, 15) is 4.79 Å². The second-order valence-corrected chi connectivity index (χ2v) is 6.17. The van der Waals surface area contributed by atoms with Crippen LogP contribution in [0.1, 0.15) is 39.5 Å². The van der Waals surface area contributed by atoms with Gasteiger partial charge in [0.1, 0.15) is 0 Å². The predicted molar refractivity (Wildman–Crippen MR) is 68.8 cm³/mol. The third-order valence-corrected chi connectivity index (χ3v) is 3.38. The number of ether oxygens (including phenoxy) is 1. The van der Waals surface area contributed by atoms with Crippen molar-refractivity contribution in [3.05, 3.63) is 0 Å². The van der Waals surface area contributed by atoms with E-state index in [0.29, 0.717) is 23.7 Å². The molecule has 0 aromatic rings. The highest BCUT2D eigenvalue weighted by Crippen LogP contribution is 2.15. The minimum Gasteiger partial charge on any atom is -0.378 e. The summed E-state index contributed by atoms with van der Waals surface area (Å²) in [5.41, 5.74) is 0. The number of carbonyl (C=O) groups is 1. The van der Waals surface area contributed by atoms with Crippen molar-refractivity contribution in [2.75, 3.05) is 13.2 Å². The number of halogens is 1. The fraction of sp³-hybridized carbons (Fsp3) is 0.917. The van der Waals surface area contributed by atoms with Gasteiger partial charge in [-0.15, -0.1) is 0 Å². The molecule has 16 heavy (non-hydrogen) atoms. The molecule has 1 aliphatic heterocycles. The molecular formula is C12H22BrNO2. The second kappa shape index (κ2) is 7.28. The quantitative estimate of drug-likeness (QED) is 0.764. The van der Waals surface area contributed by atoms with Gasteiger partial charge >= 0.3 is 0 Å². The smallest absolute Gasteiger partial charge is 0.222 e. The molecule has 0 spiro atoms. The van der Waals surface area contributed by atoms with Crippen LogP contribution in [0.5, 0.6) is 0 Å². The van der Waals surface area contributed by atoms with E-state index in [-0.39, 0.29) is 12.0 Å². The van der Waals surface area contributed by atoms with Crippen molar-refractivity contribution in [3.63, 3.8) is 0 Å². The molecule has 0 radical (unpaired) electrons. The van der Waals surface area contributed by atoms with Gasteiger partial charge in [0.2, 0.25) is 5.91 Å². The van der Waals surface area contributed by atoms with Crippen LogP contribution in [0.2, 0.25) is 0 Å². The number of hydrogen-bond donors (Lipinski definition) is 1. The lowest BCUT2D eigenvalue weighted by Crippen LogP contribution is -2.32. The van der Waals surface area contributed by atoms with Gasteiger partial charge in [-0.25, -0.2) is 0 Å². The third kappa shape index (κ3) is 5.85. The van der Waals surface area contributed by atoms with Crippen LogP contribution in [0.25, 0.3) is 0 Å². The molecular weight excluding hydrogens is 270 g/mol. The summed E-state index contributed by atoms with van der Waals surface area (Å²) in [5, 5.41) is 2.95. The molecule has 0 aromatic heterocycles. The van der Waals surface area contributed by atoms with Crippen LogP contribution in [0.15, 0.2) is 0 Å². The maximum absolute atomic E-state index is 11.6. The zero-order chi connectivity index (χ0) is 12.0. The Bertz CT molecular complexity index is 215. The van der Waals surface area contributed by atoms with Crippen molar-refractivity contribution >= 4 is 21.8 Å². The SMILES string of the molecule is CC(C)CC(Br)CNC(=O)CC1CCCO1. The topological polar surface area (TPSA) is 38.3 Å². The molecule has 0 bridgehead atoms. The van der Waals surface area contributed by atoms with E-state index >= 15 is 0 Å². The lowest BCUT2D eigenvalue weighted by molar-refractivity contribution is -0.123. The molecule has 1 N–H and O–H groups in total. The molecule has 1 fully saturated rings. The van der Waals surface area contributed by atoms with E-state index in [1.54, 1.807) is 0 Å². The molecule has 1 rings (SSSR count). The van der Waals surface area contributed by atoms with Crippen molar-refractivity contribution in [2.45, 2.75) is 50.5 Å². The molecule has 1 saturated heterocycles. The molecule has 2 unspecified atom stereocenters. The number of rotatable bonds is 6. The van der Waals surface area contributed by atoms with Crippen LogP contribution in [0, 0.1) is 5.92 Å². The van der Waals surface area contributed by atoms with Crippen LogP contribution in [-0.2, 0) is 9.53 Å². The summed E-state index contributed by atoms with van der Waals surface area (Å²) < 4.78 is 5.42. The summed E-state index contributed by atoms with van der Waals surface area (Å²) in [7, 11) is 0. The Morgan fingerprint density at radius 1 is 1.56 bits per heavy atom.